The lowest BCUT2D eigenvalue weighted by Gasteiger charge is -2.17. The number of pyridine rings is 1. The Morgan fingerprint density at radius 1 is 1.43 bits per heavy atom. The van der Waals surface area contributed by atoms with Gasteiger partial charge in [-0.3, -0.25) is 9.78 Å². The van der Waals surface area contributed by atoms with Gasteiger partial charge < -0.3 is 14.5 Å². The zero-order valence-corrected chi connectivity index (χ0v) is 11.8. The van der Waals surface area contributed by atoms with Crippen LogP contribution in [0.5, 0.6) is 0 Å². The van der Waals surface area contributed by atoms with Gasteiger partial charge in [0, 0.05) is 48.3 Å². The van der Waals surface area contributed by atoms with Crippen molar-refractivity contribution < 1.29 is 13.9 Å². The predicted molar refractivity (Wildman–Crippen MR) is 77.4 cm³/mol. The summed E-state index contributed by atoms with van der Waals surface area (Å²) < 4.78 is 11.5. The van der Waals surface area contributed by atoms with E-state index in [1.54, 1.807) is 13.3 Å². The number of furan rings is 1. The molecule has 108 valence electrons. The quantitative estimate of drug-likeness (QED) is 0.880. The highest BCUT2D eigenvalue weighted by Crippen LogP contribution is 2.28. The first-order chi connectivity index (χ1) is 10.3. The van der Waals surface area contributed by atoms with Crippen molar-refractivity contribution >= 4 is 28.2 Å². The van der Waals surface area contributed by atoms with Gasteiger partial charge in [0.1, 0.15) is 11.3 Å². The third kappa shape index (κ3) is 1.84. The first kappa shape index (κ1) is 12.4. The first-order valence-electron chi connectivity index (χ1n) is 7.17. The number of nitrogens with zero attached hydrogens (tertiary/aromatic N) is 1. The van der Waals surface area contributed by atoms with E-state index in [0.29, 0.717) is 13.0 Å². The van der Waals surface area contributed by atoms with Crippen molar-refractivity contribution in [2.75, 3.05) is 13.7 Å². The van der Waals surface area contributed by atoms with E-state index in [9.17, 15) is 4.79 Å². The Hall–Kier alpha value is -2.30. The van der Waals surface area contributed by atoms with Gasteiger partial charge >= 0.3 is 0 Å². The Balaban J connectivity index is 2.08. The molecule has 2 aliphatic rings. The Kier molecular flexibility index (Phi) is 2.74. The second-order valence-corrected chi connectivity index (χ2v) is 5.54. The molecule has 5 heteroatoms. The maximum absolute atomic E-state index is 11.5. The standard InChI is InChI=1S/C16H16N2O3/c1-20-13-3-2-10(9-6-14(19)18-7-9)15-11-8-17-5-4-12(11)21-16(13)15/h4-5,8-9H,2-3,6-7H2,1H3,(H,18,19). The molecule has 0 radical (unpaired) electrons. The smallest absolute Gasteiger partial charge is 0.220 e. The topological polar surface area (TPSA) is 64.4 Å². The lowest BCUT2D eigenvalue weighted by molar-refractivity contribution is -0.119. The molecule has 0 bridgehead atoms. The van der Waals surface area contributed by atoms with E-state index in [1.807, 2.05) is 12.3 Å². The van der Waals surface area contributed by atoms with E-state index in [4.69, 9.17) is 9.15 Å². The number of methoxy groups -OCH3 is 1. The highest BCUT2D eigenvalue weighted by Gasteiger charge is 2.29. The fourth-order valence-corrected chi connectivity index (χ4v) is 3.40. The molecule has 1 fully saturated rings. The van der Waals surface area contributed by atoms with Crippen molar-refractivity contribution in [1.82, 2.24) is 10.3 Å². The SMILES string of the molecule is COC1=c2oc3ccncc3c2=C(C2CNC(=O)C2)CC1. The fraction of sp³-hybridized carbons (Fsp3) is 0.375. The zero-order chi connectivity index (χ0) is 14.4. The number of aromatic nitrogens is 1. The molecule has 1 N–H and O–H groups in total. The van der Waals surface area contributed by atoms with Crippen LogP contribution in [0, 0.1) is 5.92 Å². The average Bonchev–Trinajstić information content (AvgIpc) is 3.10. The molecular formula is C16H16N2O3. The molecule has 0 aromatic carbocycles. The van der Waals surface area contributed by atoms with Gasteiger partial charge in [-0.25, -0.2) is 0 Å². The van der Waals surface area contributed by atoms with E-state index >= 15 is 0 Å². The summed E-state index contributed by atoms with van der Waals surface area (Å²) in [6.45, 7) is 0.711. The molecule has 0 spiro atoms. The van der Waals surface area contributed by atoms with Crippen LogP contribution in [-0.4, -0.2) is 24.5 Å². The molecule has 1 saturated heterocycles. The molecule has 0 saturated carbocycles. The largest absolute Gasteiger partial charge is 0.497 e. The number of amides is 1. The first-order valence-corrected chi connectivity index (χ1v) is 7.17. The fourth-order valence-electron chi connectivity index (χ4n) is 3.40. The van der Waals surface area contributed by atoms with Crippen LogP contribution in [0.4, 0.5) is 0 Å². The van der Waals surface area contributed by atoms with Crippen LogP contribution in [-0.2, 0) is 9.53 Å². The van der Waals surface area contributed by atoms with Gasteiger partial charge in [-0.05, 0) is 12.5 Å². The van der Waals surface area contributed by atoms with Crippen molar-refractivity contribution in [3.8, 4) is 0 Å². The van der Waals surface area contributed by atoms with E-state index in [0.717, 1.165) is 40.2 Å². The van der Waals surface area contributed by atoms with Gasteiger partial charge in [0.2, 0.25) is 5.91 Å². The van der Waals surface area contributed by atoms with E-state index in [1.165, 1.54) is 5.57 Å². The number of rotatable bonds is 2. The number of fused-ring (bicyclic) bond motifs is 3. The van der Waals surface area contributed by atoms with Crippen molar-refractivity contribution in [2.45, 2.75) is 19.3 Å². The van der Waals surface area contributed by atoms with Gasteiger partial charge in [0.15, 0.2) is 5.42 Å². The maximum Gasteiger partial charge on any atom is 0.220 e. The average molecular weight is 284 g/mol. The molecule has 1 atom stereocenters. The monoisotopic (exact) mass is 284 g/mol. The third-order valence-electron chi connectivity index (χ3n) is 4.40. The number of ether oxygens (including phenoxy) is 1. The predicted octanol–water partition coefficient (Wildman–Crippen LogP) is 0.663. The number of carbonyl (C=O) groups is 1. The molecule has 4 rings (SSSR count). The molecule has 2 aromatic heterocycles. The molecule has 1 unspecified atom stereocenters. The van der Waals surface area contributed by atoms with Crippen LogP contribution >= 0.6 is 0 Å². The van der Waals surface area contributed by atoms with Crippen LogP contribution in [0.3, 0.4) is 0 Å². The molecule has 5 nitrogen and oxygen atoms in total. The van der Waals surface area contributed by atoms with Gasteiger partial charge in [0.05, 0.1) is 7.11 Å². The summed E-state index contributed by atoms with van der Waals surface area (Å²) >= 11 is 0. The van der Waals surface area contributed by atoms with Crippen LogP contribution < -0.4 is 16.0 Å². The van der Waals surface area contributed by atoms with Gasteiger partial charge in [-0.2, -0.15) is 0 Å². The Morgan fingerprint density at radius 2 is 2.33 bits per heavy atom. The summed E-state index contributed by atoms with van der Waals surface area (Å²) in [5.41, 5.74) is 2.92. The highest BCUT2D eigenvalue weighted by molar-refractivity contribution is 5.84. The van der Waals surface area contributed by atoms with Gasteiger partial charge in [0.25, 0.3) is 0 Å². The third-order valence-corrected chi connectivity index (χ3v) is 4.40. The van der Waals surface area contributed by atoms with E-state index in [2.05, 4.69) is 10.3 Å². The number of carbonyl (C=O) groups excluding carboxylic acids is 1. The van der Waals surface area contributed by atoms with Crippen molar-refractivity contribution in [2.24, 2.45) is 5.92 Å². The molecule has 2 aromatic rings. The lowest BCUT2D eigenvalue weighted by atomic mass is 9.89. The Morgan fingerprint density at radius 3 is 3.10 bits per heavy atom. The normalized spacial score (nSPS) is 21.6. The van der Waals surface area contributed by atoms with Gasteiger partial charge in [-0.15, -0.1) is 0 Å². The maximum atomic E-state index is 11.5. The second-order valence-electron chi connectivity index (χ2n) is 5.54. The Bertz CT molecular complexity index is 850. The molecule has 21 heavy (non-hydrogen) atoms. The van der Waals surface area contributed by atoms with Crippen molar-refractivity contribution in [1.29, 1.82) is 0 Å². The summed E-state index contributed by atoms with van der Waals surface area (Å²) in [4.78, 5) is 15.8. The minimum Gasteiger partial charge on any atom is -0.497 e. The molecule has 1 aliphatic carbocycles. The number of hydrogen-bond acceptors (Lipinski definition) is 4. The van der Waals surface area contributed by atoms with Crippen molar-refractivity contribution in [3.63, 3.8) is 0 Å². The lowest BCUT2D eigenvalue weighted by Crippen LogP contribution is -2.32. The minimum atomic E-state index is 0.126. The minimum absolute atomic E-state index is 0.126. The Labute approximate surface area is 121 Å². The van der Waals surface area contributed by atoms with Gasteiger partial charge in [-0.1, -0.05) is 5.57 Å². The number of nitrogens with one attached hydrogen (secondary N) is 1. The summed E-state index contributed by atoms with van der Waals surface area (Å²) in [7, 11) is 1.68. The molecule has 3 heterocycles. The summed E-state index contributed by atoms with van der Waals surface area (Å²) in [5.74, 6) is 1.25. The van der Waals surface area contributed by atoms with Crippen LogP contribution in [0.1, 0.15) is 19.3 Å². The molecule has 1 aliphatic heterocycles. The zero-order valence-electron chi connectivity index (χ0n) is 11.8. The van der Waals surface area contributed by atoms with E-state index in [-0.39, 0.29) is 11.8 Å². The van der Waals surface area contributed by atoms with Crippen LogP contribution in [0.25, 0.3) is 22.3 Å². The van der Waals surface area contributed by atoms with Crippen LogP contribution in [0.2, 0.25) is 0 Å². The van der Waals surface area contributed by atoms with E-state index < -0.39 is 0 Å². The summed E-state index contributed by atoms with van der Waals surface area (Å²) in [5, 5.41) is 5.02. The number of hydrogen-bond donors (Lipinski definition) is 1. The van der Waals surface area contributed by atoms with Crippen molar-refractivity contribution in [3.05, 3.63) is 29.1 Å². The molecular weight excluding hydrogens is 268 g/mol. The second kappa shape index (κ2) is 4.62. The summed E-state index contributed by atoms with van der Waals surface area (Å²) in [6.07, 6.45) is 5.84. The highest BCUT2D eigenvalue weighted by atomic mass is 16.5. The van der Waals surface area contributed by atoms with Crippen LogP contribution in [0.15, 0.2) is 22.9 Å². The molecule has 1 amide bonds. The summed E-state index contributed by atoms with van der Waals surface area (Å²) in [6, 6.07) is 1.87.